The van der Waals surface area contributed by atoms with Crippen LogP contribution in [0.1, 0.15) is 0 Å². The summed E-state index contributed by atoms with van der Waals surface area (Å²) in [6, 6.07) is 6.89. The quantitative estimate of drug-likeness (QED) is 0.739. The minimum Gasteiger partial charge on any atom is -0.334 e. The van der Waals surface area contributed by atoms with E-state index in [0.717, 1.165) is 5.69 Å². The second kappa shape index (κ2) is 4.78. The Labute approximate surface area is 114 Å². The first-order chi connectivity index (χ1) is 9.65. The van der Waals surface area contributed by atoms with E-state index < -0.39 is 10.0 Å². The monoisotopic (exact) mass is 290 g/mol. The molecule has 0 unspecified atom stereocenters. The molecule has 3 rings (SSSR count). The summed E-state index contributed by atoms with van der Waals surface area (Å²) in [5.41, 5.74) is 1.19. The van der Waals surface area contributed by atoms with Crippen LogP contribution >= 0.6 is 0 Å². The molecule has 9 heteroatoms. The van der Waals surface area contributed by atoms with Crippen molar-refractivity contribution in [2.24, 2.45) is 0 Å². The van der Waals surface area contributed by atoms with Crippen LogP contribution in [0.15, 0.2) is 54.5 Å². The van der Waals surface area contributed by atoms with Crippen molar-refractivity contribution in [3.63, 3.8) is 0 Å². The predicted molar refractivity (Wildman–Crippen MR) is 70.8 cm³/mol. The maximum absolute atomic E-state index is 12.0. The van der Waals surface area contributed by atoms with Crippen molar-refractivity contribution in [2.75, 3.05) is 4.72 Å². The van der Waals surface area contributed by atoms with Crippen LogP contribution in [0.2, 0.25) is 0 Å². The molecule has 0 amide bonds. The Bertz CT molecular complexity index is 795. The van der Waals surface area contributed by atoms with Crippen LogP contribution in [0.5, 0.6) is 0 Å². The Morgan fingerprint density at radius 1 is 1.20 bits per heavy atom. The maximum Gasteiger partial charge on any atom is 0.278 e. The normalized spacial score (nSPS) is 11.4. The molecule has 2 heterocycles. The fraction of sp³-hybridized carbons (Fsp3) is 0. The van der Waals surface area contributed by atoms with Crippen LogP contribution in [0.4, 0.5) is 5.69 Å². The molecule has 0 saturated carbocycles. The van der Waals surface area contributed by atoms with Gasteiger partial charge in [0.1, 0.15) is 12.7 Å². The van der Waals surface area contributed by atoms with Crippen LogP contribution in [-0.2, 0) is 10.0 Å². The van der Waals surface area contributed by atoms with E-state index in [-0.39, 0.29) is 5.03 Å². The van der Waals surface area contributed by atoms with Gasteiger partial charge in [0, 0.05) is 0 Å². The molecule has 20 heavy (non-hydrogen) atoms. The highest BCUT2D eigenvalue weighted by atomic mass is 32.2. The minimum absolute atomic E-state index is 0.00667. The number of aromatic amines is 1. The van der Waals surface area contributed by atoms with Gasteiger partial charge in [0.25, 0.3) is 10.0 Å². The van der Waals surface area contributed by atoms with E-state index in [1.165, 1.54) is 25.2 Å². The van der Waals surface area contributed by atoms with Crippen molar-refractivity contribution < 1.29 is 8.42 Å². The molecule has 0 atom stereocenters. The van der Waals surface area contributed by atoms with Crippen molar-refractivity contribution in [2.45, 2.75) is 5.03 Å². The number of aromatic nitrogens is 5. The van der Waals surface area contributed by atoms with Gasteiger partial charge in [0.2, 0.25) is 0 Å². The van der Waals surface area contributed by atoms with Crippen molar-refractivity contribution in [3.8, 4) is 5.69 Å². The first-order valence-electron chi connectivity index (χ1n) is 5.61. The van der Waals surface area contributed by atoms with Gasteiger partial charge in [-0.25, -0.2) is 4.98 Å². The Hall–Kier alpha value is -2.68. The van der Waals surface area contributed by atoms with E-state index in [0.29, 0.717) is 5.69 Å². The van der Waals surface area contributed by atoms with Crippen LogP contribution in [0, 0.1) is 0 Å². The second-order valence-electron chi connectivity index (χ2n) is 3.94. The van der Waals surface area contributed by atoms with Gasteiger partial charge in [0.05, 0.1) is 23.9 Å². The van der Waals surface area contributed by atoms with Gasteiger partial charge in [-0.1, -0.05) is 6.07 Å². The summed E-state index contributed by atoms with van der Waals surface area (Å²) in [7, 11) is -3.66. The van der Waals surface area contributed by atoms with Crippen LogP contribution < -0.4 is 4.72 Å². The molecule has 0 bridgehead atoms. The lowest BCUT2D eigenvalue weighted by Crippen LogP contribution is -2.13. The molecular formula is C11H10N6O2S. The van der Waals surface area contributed by atoms with Gasteiger partial charge >= 0.3 is 0 Å². The lowest BCUT2D eigenvalue weighted by atomic mass is 10.3. The van der Waals surface area contributed by atoms with Crippen molar-refractivity contribution in [1.82, 2.24) is 24.7 Å². The summed E-state index contributed by atoms with van der Waals surface area (Å²) >= 11 is 0. The molecule has 0 aliphatic rings. The molecule has 102 valence electrons. The number of benzene rings is 1. The van der Waals surface area contributed by atoms with Gasteiger partial charge < -0.3 is 4.98 Å². The largest absolute Gasteiger partial charge is 0.334 e. The molecule has 0 spiro atoms. The third-order valence-electron chi connectivity index (χ3n) is 2.58. The highest BCUT2D eigenvalue weighted by molar-refractivity contribution is 7.92. The molecule has 0 saturated heterocycles. The lowest BCUT2D eigenvalue weighted by molar-refractivity contribution is 0.598. The first-order valence-corrected chi connectivity index (χ1v) is 7.10. The number of rotatable bonds is 4. The van der Waals surface area contributed by atoms with E-state index >= 15 is 0 Å². The second-order valence-corrected chi connectivity index (χ2v) is 5.59. The summed E-state index contributed by atoms with van der Waals surface area (Å²) in [4.78, 5) is 6.25. The summed E-state index contributed by atoms with van der Waals surface area (Å²) in [5.74, 6) is 0. The van der Waals surface area contributed by atoms with Gasteiger partial charge in [-0.3, -0.25) is 9.29 Å². The Balaban J connectivity index is 1.91. The van der Waals surface area contributed by atoms with Gasteiger partial charge in [0.15, 0.2) is 5.03 Å². The van der Waals surface area contributed by atoms with Crippen molar-refractivity contribution in [3.05, 3.63) is 49.4 Å². The molecule has 8 nitrogen and oxygen atoms in total. The van der Waals surface area contributed by atoms with Gasteiger partial charge in [-0.2, -0.15) is 8.42 Å². The number of H-pyrrole nitrogens is 1. The van der Waals surface area contributed by atoms with Crippen LogP contribution in [-0.4, -0.2) is 33.2 Å². The Kier molecular flexibility index (Phi) is 2.95. The first kappa shape index (κ1) is 12.4. The SMILES string of the molecule is O=S(=O)(Nc1cccc(-n2cnnc2)c1)c1cnc[nH]1. The molecule has 0 radical (unpaired) electrons. The standard InChI is InChI=1S/C11H10N6O2S/c18-20(19,11-5-12-6-13-11)16-9-2-1-3-10(4-9)17-7-14-15-8-17/h1-8,16H,(H,12,13). The number of anilines is 1. The number of hydrogen-bond donors (Lipinski definition) is 2. The third-order valence-corrected chi connectivity index (χ3v) is 3.88. The highest BCUT2D eigenvalue weighted by Crippen LogP contribution is 2.17. The Morgan fingerprint density at radius 2 is 2.00 bits per heavy atom. The van der Waals surface area contributed by atoms with Gasteiger partial charge in [-0.15, -0.1) is 10.2 Å². The van der Waals surface area contributed by atoms with E-state index in [9.17, 15) is 8.42 Å². The number of nitrogens with zero attached hydrogens (tertiary/aromatic N) is 4. The predicted octanol–water partition coefficient (Wildman–Crippen LogP) is 0.791. The summed E-state index contributed by atoms with van der Waals surface area (Å²) in [6.45, 7) is 0. The number of imidazole rings is 1. The molecule has 0 aliphatic heterocycles. The summed E-state index contributed by atoms with van der Waals surface area (Å²) < 4.78 is 28.2. The zero-order valence-electron chi connectivity index (χ0n) is 10.1. The van der Waals surface area contributed by atoms with E-state index in [4.69, 9.17) is 0 Å². The molecule has 2 aromatic heterocycles. The topological polar surface area (TPSA) is 106 Å². The fourth-order valence-corrected chi connectivity index (χ4v) is 2.62. The Morgan fingerprint density at radius 3 is 2.70 bits per heavy atom. The number of sulfonamides is 1. The summed E-state index contributed by atoms with van der Waals surface area (Å²) in [6.07, 6.45) is 5.61. The van der Waals surface area contributed by atoms with Crippen LogP contribution in [0.25, 0.3) is 5.69 Å². The average Bonchev–Trinajstić information content (AvgIpc) is 3.12. The molecule has 3 aromatic rings. The van der Waals surface area contributed by atoms with E-state index in [2.05, 4.69) is 24.9 Å². The zero-order valence-corrected chi connectivity index (χ0v) is 10.9. The molecule has 1 aromatic carbocycles. The van der Waals surface area contributed by atoms with Crippen molar-refractivity contribution >= 4 is 15.7 Å². The lowest BCUT2D eigenvalue weighted by Gasteiger charge is -2.08. The smallest absolute Gasteiger partial charge is 0.278 e. The molecule has 0 aliphatic carbocycles. The summed E-state index contributed by atoms with van der Waals surface area (Å²) in [5, 5.41) is 7.42. The zero-order chi connectivity index (χ0) is 14.0. The fourth-order valence-electron chi connectivity index (χ4n) is 1.66. The molecule has 0 fully saturated rings. The van der Waals surface area contributed by atoms with E-state index in [1.807, 2.05) is 6.07 Å². The molecule has 2 N–H and O–H groups in total. The average molecular weight is 290 g/mol. The van der Waals surface area contributed by atoms with Crippen molar-refractivity contribution in [1.29, 1.82) is 0 Å². The highest BCUT2D eigenvalue weighted by Gasteiger charge is 2.15. The maximum atomic E-state index is 12.0. The van der Waals surface area contributed by atoms with E-state index in [1.54, 1.807) is 22.8 Å². The van der Waals surface area contributed by atoms with Gasteiger partial charge in [-0.05, 0) is 18.2 Å². The molecular weight excluding hydrogens is 280 g/mol. The third kappa shape index (κ3) is 2.38. The van der Waals surface area contributed by atoms with Crippen LogP contribution in [0.3, 0.4) is 0 Å². The number of nitrogens with one attached hydrogen (secondary N) is 2. The minimum atomic E-state index is -3.66. The number of hydrogen-bond acceptors (Lipinski definition) is 5.